The predicted molar refractivity (Wildman–Crippen MR) is 180 cm³/mol. The summed E-state index contributed by atoms with van der Waals surface area (Å²) in [5, 5.41) is 5.33. The molecule has 0 fully saturated rings. The van der Waals surface area contributed by atoms with Crippen LogP contribution in [0, 0.1) is 0 Å². The minimum atomic E-state index is -4.23. The summed E-state index contributed by atoms with van der Waals surface area (Å²) in [6.07, 6.45) is 0.826. The van der Waals surface area contributed by atoms with E-state index >= 15 is 0 Å². The van der Waals surface area contributed by atoms with E-state index in [1.807, 2.05) is 6.92 Å². The first-order valence-corrected chi connectivity index (χ1v) is 16.9. The highest BCUT2D eigenvalue weighted by Gasteiger charge is 2.21. The molecule has 15 heteroatoms. The number of aryl methyl sites for hydroxylation is 2. The molecule has 0 unspecified atom stereocenters. The zero-order valence-electron chi connectivity index (χ0n) is 27.4. The van der Waals surface area contributed by atoms with E-state index in [2.05, 4.69) is 15.4 Å². The lowest BCUT2D eigenvalue weighted by atomic mass is 10.2. The van der Waals surface area contributed by atoms with Gasteiger partial charge in [0.2, 0.25) is 5.91 Å². The molecular weight excluding hydrogens is 642 g/mol. The SMILES string of the molecule is CCCOc1cccc(Oc2cc3c(cc2NS(=O)(=O)c2cccc(C(=O)NCCOCCOCCNC(C)=O)c2)n(C)c(=O)n3C)c1. The number of ether oxygens (including phenoxy) is 4. The number of hydrogen-bond acceptors (Lipinski definition) is 9. The molecule has 0 atom stereocenters. The molecule has 1 heterocycles. The Hall–Kier alpha value is -4.86. The number of nitrogens with zero attached hydrogens (tertiary/aromatic N) is 2. The number of imidazole rings is 1. The second-order valence-corrected chi connectivity index (χ2v) is 12.4. The monoisotopic (exact) mass is 683 g/mol. The van der Waals surface area contributed by atoms with Gasteiger partial charge >= 0.3 is 5.69 Å². The van der Waals surface area contributed by atoms with Crippen LogP contribution in [0.1, 0.15) is 30.6 Å². The van der Waals surface area contributed by atoms with Crippen molar-refractivity contribution in [2.45, 2.75) is 25.2 Å². The van der Waals surface area contributed by atoms with Gasteiger partial charge in [-0.3, -0.25) is 23.4 Å². The summed E-state index contributed by atoms with van der Waals surface area (Å²) in [4.78, 5) is 36.2. The van der Waals surface area contributed by atoms with Crippen molar-refractivity contribution in [1.29, 1.82) is 0 Å². The summed E-state index contributed by atoms with van der Waals surface area (Å²) >= 11 is 0. The minimum absolute atomic E-state index is 0.0923. The van der Waals surface area contributed by atoms with Gasteiger partial charge in [-0.25, -0.2) is 13.2 Å². The largest absolute Gasteiger partial charge is 0.493 e. The summed E-state index contributed by atoms with van der Waals surface area (Å²) < 4.78 is 55.4. The molecule has 258 valence electrons. The van der Waals surface area contributed by atoms with E-state index in [-0.39, 0.29) is 46.6 Å². The molecule has 3 N–H and O–H groups in total. The Bertz CT molecular complexity index is 1900. The Morgan fingerprint density at radius 1 is 0.792 bits per heavy atom. The summed E-state index contributed by atoms with van der Waals surface area (Å²) in [7, 11) is -1.02. The first-order chi connectivity index (χ1) is 23.0. The van der Waals surface area contributed by atoms with E-state index in [1.54, 1.807) is 44.4 Å². The predicted octanol–water partition coefficient (Wildman–Crippen LogP) is 3.16. The highest BCUT2D eigenvalue weighted by Crippen LogP contribution is 2.36. The van der Waals surface area contributed by atoms with Gasteiger partial charge in [-0.05, 0) is 42.8 Å². The number of benzene rings is 3. The average Bonchev–Trinajstić information content (AvgIpc) is 3.27. The van der Waals surface area contributed by atoms with Crippen LogP contribution in [0.3, 0.4) is 0 Å². The van der Waals surface area contributed by atoms with Crippen LogP contribution in [0.4, 0.5) is 5.69 Å². The molecular formula is C33H41N5O9S. The lowest BCUT2D eigenvalue weighted by Gasteiger charge is -2.15. The van der Waals surface area contributed by atoms with E-state index in [1.165, 1.54) is 46.4 Å². The van der Waals surface area contributed by atoms with Gasteiger partial charge < -0.3 is 29.6 Å². The van der Waals surface area contributed by atoms with E-state index in [0.717, 1.165) is 6.42 Å². The Balaban J connectivity index is 1.46. The van der Waals surface area contributed by atoms with Crippen LogP contribution < -0.4 is 30.5 Å². The van der Waals surface area contributed by atoms with Gasteiger partial charge in [0.05, 0.1) is 54.7 Å². The summed E-state index contributed by atoms with van der Waals surface area (Å²) in [5.74, 6) is 0.556. The lowest BCUT2D eigenvalue weighted by molar-refractivity contribution is -0.119. The maximum atomic E-state index is 13.7. The zero-order valence-corrected chi connectivity index (χ0v) is 28.2. The molecule has 4 aromatic rings. The van der Waals surface area contributed by atoms with E-state index in [4.69, 9.17) is 18.9 Å². The molecule has 0 aliphatic rings. The number of fused-ring (bicyclic) bond motifs is 1. The molecule has 0 saturated heterocycles. The second-order valence-electron chi connectivity index (χ2n) is 10.8. The number of nitrogens with one attached hydrogen (secondary N) is 3. The Morgan fingerprint density at radius 2 is 1.44 bits per heavy atom. The van der Waals surface area contributed by atoms with Crippen LogP contribution in [-0.2, 0) is 38.4 Å². The number of carbonyl (C=O) groups excluding carboxylic acids is 2. The maximum absolute atomic E-state index is 13.7. The normalized spacial score (nSPS) is 11.3. The third-order valence-corrected chi connectivity index (χ3v) is 8.42. The van der Waals surface area contributed by atoms with Crippen molar-refractivity contribution in [2.75, 3.05) is 50.8 Å². The number of amides is 2. The topological polar surface area (TPSA) is 168 Å². The number of carbonyl (C=O) groups is 2. The number of sulfonamides is 1. The standard InChI is InChI=1S/C33H41N5O9S/c1-5-14-46-25-9-7-10-26(20-25)47-31-22-30-29(37(3)33(41)38(30)4)21-28(31)36-48(42,43)27-11-6-8-24(19-27)32(40)35-13-16-45-18-17-44-15-12-34-23(2)39/h6-11,19-22,36H,5,12-18H2,1-4H3,(H,34,39)(H,35,40). The molecule has 4 rings (SSSR count). The van der Waals surface area contributed by atoms with Crippen molar-refractivity contribution in [1.82, 2.24) is 19.8 Å². The Labute approximate surface area is 279 Å². The van der Waals surface area contributed by atoms with Crippen LogP contribution in [-0.4, -0.2) is 75.5 Å². The van der Waals surface area contributed by atoms with Crippen LogP contribution >= 0.6 is 0 Å². The molecule has 1 aromatic heterocycles. The second kappa shape index (κ2) is 16.8. The molecule has 3 aromatic carbocycles. The van der Waals surface area contributed by atoms with E-state index < -0.39 is 15.9 Å². The van der Waals surface area contributed by atoms with Crippen molar-refractivity contribution in [2.24, 2.45) is 14.1 Å². The lowest BCUT2D eigenvalue weighted by Crippen LogP contribution is -2.28. The van der Waals surface area contributed by atoms with Gasteiger partial charge in [0.1, 0.15) is 11.5 Å². The summed E-state index contributed by atoms with van der Waals surface area (Å²) in [5.41, 5.74) is 0.965. The first kappa shape index (κ1) is 36.0. The van der Waals surface area contributed by atoms with E-state index in [0.29, 0.717) is 55.5 Å². The smallest absolute Gasteiger partial charge is 0.328 e. The van der Waals surface area contributed by atoms with Gasteiger partial charge in [0.15, 0.2) is 5.75 Å². The average molecular weight is 684 g/mol. The first-order valence-electron chi connectivity index (χ1n) is 15.4. The molecule has 0 bridgehead atoms. The third-order valence-electron chi connectivity index (χ3n) is 7.05. The molecule has 0 spiro atoms. The third kappa shape index (κ3) is 9.59. The fraction of sp³-hybridized carbons (Fsp3) is 0.364. The molecule has 0 radical (unpaired) electrons. The molecule has 2 amide bonds. The van der Waals surface area contributed by atoms with Crippen LogP contribution in [0.25, 0.3) is 11.0 Å². The molecule has 14 nitrogen and oxygen atoms in total. The highest BCUT2D eigenvalue weighted by atomic mass is 32.2. The number of aromatic nitrogens is 2. The summed E-state index contributed by atoms with van der Waals surface area (Å²) in [6, 6.07) is 15.7. The van der Waals surface area contributed by atoms with Gasteiger partial charge in [-0.2, -0.15) is 0 Å². The van der Waals surface area contributed by atoms with Gasteiger partial charge in [0, 0.05) is 51.8 Å². The van der Waals surface area contributed by atoms with Gasteiger partial charge in [-0.15, -0.1) is 0 Å². The maximum Gasteiger partial charge on any atom is 0.328 e. The number of anilines is 1. The number of hydrogen-bond donors (Lipinski definition) is 3. The van der Waals surface area contributed by atoms with Crippen molar-refractivity contribution >= 4 is 38.6 Å². The van der Waals surface area contributed by atoms with Crippen LogP contribution in [0.15, 0.2) is 70.4 Å². The van der Waals surface area contributed by atoms with Crippen molar-refractivity contribution in [3.05, 3.63) is 76.7 Å². The number of rotatable bonds is 18. The van der Waals surface area contributed by atoms with Gasteiger partial charge in [0.25, 0.3) is 15.9 Å². The fourth-order valence-electron chi connectivity index (χ4n) is 4.63. The van der Waals surface area contributed by atoms with Crippen LogP contribution in [0.5, 0.6) is 17.2 Å². The van der Waals surface area contributed by atoms with Crippen molar-refractivity contribution in [3.63, 3.8) is 0 Å². The van der Waals surface area contributed by atoms with Crippen molar-refractivity contribution in [3.8, 4) is 17.2 Å². The Kier molecular flexibility index (Phi) is 12.6. The molecule has 0 aliphatic heterocycles. The van der Waals surface area contributed by atoms with Crippen molar-refractivity contribution < 1.29 is 37.0 Å². The zero-order chi connectivity index (χ0) is 34.7. The molecule has 0 saturated carbocycles. The quantitative estimate of drug-likeness (QED) is 0.134. The fourth-order valence-corrected chi connectivity index (χ4v) is 5.74. The Morgan fingerprint density at radius 3 is 2.12 bits per heavy atom. The van der Waals surface area contributed by atoms with Crippen LogP contribution in [0.2, 0.25) is 0 Å². The summed E-state index contributed by atoms with van der Waals surface area (Å²) in [6.45, 7) is 5.79. The van der Waals surface area contributed by atoms with Gasteiger partial charge in [-0.1, -0.05) is 19.1 Å². The molecule has 48 heavy (non-hydrogen) atoms. The van der Waals surface area contributed by atoms with E-state index in [9.17, 15) is 22.8 Å². The highest BCUT2D eigenvalue weighted by molar-refractivity contribution is 7.92. The molecule has 0 aliphatic carbocycles. The minimum Gasteiger partial charge on any atom is -0.493 e.